The van der Waals surface area contributed by atoms with Crippen LogP contribution in [0.15, 0.2) is 18.3 Å². The van der Waals surface area contributed by atoms with Crippen LogP contribution >= 0.6 is 0 Å². The fourth-order valence-electron chi connectivity index (χ4n) is 3.18. The number of methoxy groups -OCH3 is 2. The molecule has 134 valence electrons. The lowest BCUT2D eigenvalue weighted by atomic mass is 9.93. The molecule has 0 bridgehead atoms. The molecular formula is C18H23N3O4. The van der Waals surface area contributed by atoms with Crippen molar-refractivity contribution in [2.75, 3.05) is 19.5 Å². The van der Waals surface area contributed by atoms with Gasteiger partial charge < -0.3 is 19.5 Å². The van der Waals surface area contributed by atoms with Gasteiger partial charge in [-0.25, -0.2) is 4.98 Å². The molecule has 1 aliphatic rings. The number of rotatable bonds is 5. The molecule has 2 aromatic rings. The van der Waals surface area contributed by atoms with Gasteiger partial charge in [0.15, 0.2) is 11.5 Å². The van der Waals surface area contributed by atoms with Gasteiger partial charge in [0.2, 0.25) is 0 Å². The standard InChI is InChI=1S/C18H23N3O4/c1-11(22)25-13-6-4-12(5-7-13)20-18-10-19-14-8-16(23-2)17(24-3)9-15(14)21-18/h8-10,12-13H,4-7H2,1-3H3,(H,20,21). The van der Waals surface area contributed by atoms with Crippen LogP contribution in [0.25, 0.3) is 11.0 Å². The molecular weight excluding hydrogens is 322 g/mol. The van der Waals surface area contributed by atoms with E-state index >= 15 is 0 Å². The number of ether oxygens (including phenoxy) is 3. The molecule has 1 aromatic carbocycles. The summed E-state index contributed by atoms with van der Waals surface area (Å²) in [6.07, 6.45) is 5.36. The van der Waals surface area contributed by atoms with Crippen LogP contribution in [-0.2, 0) is 9.53 Å². The molecule has 0 radical (unpaired) electrons. The Labute approximate surface area is 146 Å². The van der Waals surface area contributed by atoms with Crippen molar-refractivity contribution < 1.29 is 19.0 Å². The fourth-order valence-corrected chi connectivity index (χ4v) is 3.18. The Morgan fingerprint density at radius 2 is 1.72 bits per heavy atom. The van der Waals surface area contributed by atoms with Crippen LogP contribution in [0, 0.1) is 0 Å². The summed E-state index contributed by atoms with van der Waals surface area (Å²) in [5.41, 5.74) is 1.50. The quantitative estimate of drug-likeness (QED) is 0.834. The Hall–Kier alpha value is -2.57. The zero-order valence-corrected chi connectivity index (χ0v) is 14.7. The molecule has 0 amide bonds. The van der Waals surface area contributed by atoms with Gasteiger partial charge in [-0.05, 0) is 25.7 Å². The minimum atomic E-state index is -0.207. The highest BCUT2D eigenvalue weighted by Gasteiger charge is 2.23. The predicted molar refractivity (Wildman–Crippen MR) is 94.1 cm³/mol. The van der Waals surface area contributed by atoms with E-state index in [2.05, 4.69) is 15.3 Å². The van der Waals surface area contributed by atoms with Crippen LogP contribution in [0.1, 0.15) is 32.6 Å². The van der Waals surface area contributed by atoms with E-state index in [1.807, 2.05) is 12.1 Å². The first-order valence-corrected chi connectivity index (χ1v) is 8.41. The Morgan fingerprint density at radius 1 is 1.08 bits per heavy atom. The Balaban J connectivity index is 1.69. The maximum Gasteiger partial charge on any atom is 0.302 e. The first-order chi connectivity index (χ1) is 12.1. The molecule has 1 heterocycles. The fraction of sp³-hybridized carbons (Fsp3) is 0.500. The minimum Gasteiger partial charge on any atom is -0.493 e. The lowest BCUT2D eigenvalue weighted by molar-refractivity contribution is -0.147. The van der Waals surface area contributed by atoms with Crippen molar-refractivity contribution >= 4 is 22.8 Å². The SMILES string of the molecule is COc1cc2ncc(NC3CCC(OC(C)=O)CC3)nc2cc1OC. The monoisotopic (exact) mass is 345 g/mol. The number of benzene rings is 1. The second-order valence-electron chi connectivity index (χ2n) is 6.18. The number of aromatic nitrogens is 2. The zero-order chi connectivity index (χ0) is 17.8. The summed E-state index contributed by atoms with van der Waals surface area (Å²) in [5.74, 6) is 1.79. The average molecular weight is 345 g/mol. The van der Waals surface area contributed by atoms with Crippen molar-refractivity contribution in [3.8, 4) is 11.5 Å². The van der Waals surface area contributed by atoms with Crippen molar-refractivity contribution in [2.24, 2.45) is 0 Å². The molecule has 7 heteroatoms. The van der Waals surface area contributed by atoms with E-state index in [1.54, 1.807) is 20.4 Å². The number of carbonyl (C=O) groups is 1. The molecule has 1 aliphatic carbocycles. The smallest absolute Gasteiger partial charge is 0.302 e. The Morgan fingerprint density at radius 3 is 2.32 bits per heavy atom. The maximum atomic E-state index is 11.0. The van der Waals surface area contributed by atoms with Crippen LogP contribution in [0.4, 0.5) is 5.82 Å². The van der Waals surface area contributed by atoms with E-state index in [-0.39, 0.29) is 12.1 Å². The first kappa shape index (κ1) is 17.3. The number of hydrogen-bond acceptors (Lipinski definition) is 7. The van der Waals surface area contributed by atoms with E-state index in [9.17, 15) is 4.79 Å². The van der Waals surface area contributed by atoms with Crippen LogP contribution < -0.4 is 14.8 Å². The maximum absolute atomic E-state index is 11.0. The molecule has 25 heavy (non-hydrogen) atoms. The van der Waals surface area contributed by atoms with Gasteiger partial charge in [0, 0.05) is 25.1 Å². The lowest BCUT2D eigenvalue weighted by Gasteiger charge is -2.28. The van der Waals surface area contributed by atoms with Gasteiger partial charge in [0.25, 0.3) is 0 Å². The highest BCUT2D eigenvalue weighted by atomic mass is 16.5. The van der Waals surface area contributed by atoms with E-state index < -0.39 is 0 Å². The van der Waals surface area contributed by atoms with Crippen LogP contribution in [-0.4, -0.2) is 42.3 Å². The number of esters is 1. The molecule has 1 saturated carbocycles. The number of nitrogens with one attached hydrogen (secondary N) is 1. The number of carbonyl (C=O) groups excluding carboxylic acids is 1. The van der Waals surface area contributed by atoms with Gasteiger partial charge in [0.1, 0.15) is 11.9 Å². The van der Waals surface area contributed by atoms with Crippen molar-refractivity contribution in [3.63, 3.8) is 0 Å². The second kappa shape index (κ2) is 7.55. The number of fused-ring (bicyclic) bond motifs is 1. The second-order valence-corrected chi connectivity index (χ2v) is 6.18. The summed E-state index contributed by atoms with van der Waals surface area (Å²) >= 11 is 0. The third kappa shape index (κ3) is 4.10. The molecule has 0 atom stereocenters. The minimum absolute atomic E-state index is 0.0370. The van der Waals surface area contributed by atoms with Crippen LogP contribution in [0.3, 0.4) is 0 Å². The van der Waals surface area contributed by atoms with Crippen molar-refractivity contribution in [3.05, 3.63) is 18.3 Å². The van der Waals surface area contributed by atoms with Crippen molar-refractivity contribution in [2.45, 2.75) is 44.8 Å². The summed E-state index contributed by atoms with van der Waals surface area (Å²) in [6.45, 7) is 1.46. The lowest BCUT2D eigenvalue weighted by Crippen LogP contribution is -2.30. The van der Waals surface area contributed by atoms with Gasteiger partial charge >= 0.3 is 5.97 Å². The van der Waals surface area contributed by atoms with Gasteiger partial charge in [-0.15, -0.1) is 0 Å². The third-order valence-electron chi connectivity index (χ3n) is 4.41. The molecule has 1 aromatic heterocycles. The highest BCUT2D eigenvalue weighted by molar-refractivity contribution is 5.80. The molecule has 0 aliphatic heterocycles. The summed E-state index contributed by atoms with van der Waals surface area (Å²) in [6, 6.07) is 3.94. The van der Waals surface area contributed by atoms with E-state index in [1.165, 1.54) is 6.92 Å². The summed E-state index contributed by atoms with van der Waals surface area (Å²) in [5, 5.41) is 3.43. The number of hydrogen-bond donors (Lipinski definition) is 1. The van der Waals surface area contributed by atoms with Gasteiger partial charge in [-0.1, -0.05) is 0 Å². The summed E-state index contributed by atoms with van der Waals surface area (Å²) in [7, 11) is 3.19. The van der Waals surface area contributed by atoms with E-state index in [0.717, 1.165) is 42.5 Å². The van der Waals surface area contributed by atoms with Crippen molar-refractivity contribution in [1.82, 2.24) is 9.97 Å². The molecule has 1 fully saturated rings. The normalized spacial score (nSPS) is 20.1. The average Bonchev–Trinajstić information content (AvgIpc) is 2.61. The largest absolute Gasteiger partial charge is 0.493 e. The Kier molecular flexibility index (Phi) is 5.21. The highest BCUT2D eigenvalue weighted by Crippen LogP contribution is 2.31. The van der Waals surface area contributed by atoms with E-state index in [0.29, 0.717) is 17.5 Å². The first-order valence-electron chi connectivity index (χ1n) is 8.41. The topological polar surface area (TPSA) is 82.6 Å². The predicted octanol–water partition coefficient (Wildman–Crippen LogP) is 2.93. The molecule has 0 saturated heterocycles. The third-order valence-corrected chi connectivity index (χ3v) is 4.41. The molecule has 0 unspecified atom stereocenters. The van der Waals surface area contributed by atoms with Gasteiger partial charge in [-0.3, -0.25) is 9.78 Å². The molecule has 3 rings (SSSR count). The summed E-state index contributed by atoms with van der Waals surface area (Å²) < 4.78 is 15.9. The van der Waals surface area contributed by atoms with Crippen molar-refractivity contribution in [1.29, 1.82) is 0 Å². The molecule has 0 spiro atoms. The van der Waals surface area contributed by atoms with Crippen LogP contribution in [0.2, 0.25) is 0 Å². The van der Waals surface area contributed by atoms with Gasteiger partial charge in [-0.2, -0.15) is 0 Å². The van der Waals surface area contributed by atoms with Gasteiger partial charge in [0.05, 0.1) is 31.4 Å². The number of anilines is 1. The summed E-state index contributed by atoms with van der Waals surface area (Å²) in [4.78, 5) is 20.1. The zero-order valence-electron chi connectivity index (χ0n) is 14.7. The van der Waals surface area contributed by atoms with E-state index in [4.69, 9.17) is 14.2 Å². The molecule has 1 N–H and O–H groups in total. The van der Waals surface area contributed by atoms with Crippen LogP contribution in [0.5, 0.6) is 11.5 Å². The number of nitrogens with zero attached hydrogens (tertiary/aromatic N) is 2. The molecule has 7 nitrogen and oxygen atoms in total. The Bertz CT molecular complexity index is 757.